The first-order valence-electron chi connectivity index (χ1n) is 8.28. The van der Waals surface area contributed by atoms with Crippen molar-refractivity contribution in [2.45, 2.75) is 89.1 Å². The summed E-state index contributed by atoms with van der Waals surface area (Å²) < 4.78 is 5.90. The molecular formula is C16H30N2O. The third-order valence-corrected chi connectivity index (χ3v) is 5.91. The normalized spacial score (nSPS) is 47.5. The lowest BCUT2D eigenvalue weighted by Gasteiger charge is -2.56. The first kappa shape index (κ1) is 13.8. The van der Waals surface area contributed by atoms with Crippen molar-refractivity contribution in [1.82, 2.24) is 10.2 Å². The molecule has 0 aromatic carbocycles. The second kappa shape index (κ2) is 5.34. The summed E-state index contributed by atoms with van der Waals surface area (Å²) in [6.07, 6.45) is 8.50. The van der Waals surface area contributed by atoms with Gasteiger partial charge in [-0.25, -0.2) is 0 Å². The van der Waals surface area contributed by atoms with Gasteiger partial charge in [-0.1, -0.05) is 13.3 Å². The third kappa shape index (κ3) is 2.34. The van der Waals surface area contributed by atoms with E-state index < -0.39 is 0 Å². The SMILES string of the molecule is CCNC1CC2CCCC(C1)N2C1(C)CCOC1C. The Morgan fingerprint density at radius 1 is 1.26 bits per heavy atom. The van der Waals surface area contributed by atoms with E-state index in [-0.39, 0.29) is 5.54 Å². The standard InChI is InChI=1S/C16H30N2O/c1-4-17-13-10-14-6-5-7-15(11-13)18(14)16(3)8-9-19-12(16)2/h12-15,17H,4-11H2,1-3H3. The summed E-state index contributed by atoms with van der Waals surface area (Å²) in [6.45, 7) is 9.02. The van der Waals surface area contributed by atoms with E-state index in [0.717, 1.165) is 31.3 Å². The van der Waals surface area contributed by atoms with Crippen molar-refractivity contribution in [2.75, 3.05) is 13.2 Å². The summed E-state index contributed by atoms with van der Waals surface area (Å²) >= 11 is 0. The second-order valence-corrected chi connectivity index (χ2v) is 6.99. The van der Waals surface area contributed by atoms with Crippen LogP contribution < -0.4 is 5.32 Å². The number of piperidine rings is 2. The fraction of sp³-hybridized carbons (Fsp3) is 1.00. The molecule has 2 bridgehead atoms. The zero-order valence-electron chi connectivity index (χ0n) is 12.8. The highest BCUT2D eigenvalue weighted by Gasteiger charge is 2.51. The van der Waals surface area contributed by atoms with Gasteiger partial charge in [-0.3, -0.25) is 4.90 Å². The molecule has 0 saturated carbocycles. The molecular weight excluding hydrogens is 236 g/mol. The first-order valence-corrected chi connectivity index (χ1v) is 8.28. The van der Waals surface area contributed by atoms with Gasteiger partial charge < -0.3 is 10.1 Å². The van der Waals surface area contributed by atoms with Crippen molar-refractivity contribution >= 4 is 0 Å². The van der Waals surface area contributed by atoms with E-state index in [4.69, 9.17) is 4.74 Å². The van der Waals surface area contributed by atoms with E-state index in [9.17, 15) is 0 Å². The van der Waals surface area contributed by atoms with E-state index in [1.165, 1.54) is 38.5 Å². The molecule has 0 spiro atoms. The molecule has 110 valence electrons. The summed E-state index contributed by atoms with van der Waals surface area (Å²) in [7, 11) is 0. The van der Waals surface area contributed by atoms with Crippen LogP contribution in [0.15, 0.2) is 0 Å². The minimum Gasteiger partial charge on any atom is -0.377 e. The zero-order valence-corrected chi connectivity index (χ0v) is 12.8. The van der Waals surface area contributed by atoms with E-state index >= 15 is 0 Å². The van der Waals surface area contributed by atoms with Gasteiger partial charge >= 0.3 is 0 Å². The molecule has 3 aliphatic rings. The highest BCUT2D eigenvalue weighted by Crippen LogP contribution is 2.44. The Balaban J connectivity index is 1.79. The quantitative estimate of drug-likeness (QED) is 0.849. The van der Waals surface area contributed by atoms with Gasteiger partial charge in [0, 0.05) is 30.3 Å². The van der Waals surface area contributed by atoms with Crippen molar-refractivity contribution in [2.24, 2.45) is 0 Å². The van der Waals surface area contributed by atoms with Crippen LogP contribution in [0.2, 0.25) is 0 Å². The van der Waals surface area contributed by atoms with Crippen LogP contribution in [-0.4, -0.2) is 47.8 Å². The Bertz CT molecular complexity index is 308. The van der Waals surface area contributed by atoms with E-state index in [1.54, 1.807) is 0 Å². The van der Waals surface area contributed by atoms with Crippen LogP contribution in [0.4, 0.5) is 0 Å². The number of rotatable bonds is 3. The molecule has 0 aliphatic carbocycles. The number of fused-ring (bicyclic) bond motifs is 2. The van der Waals surface area contributed by atoms with Crippen molar-refractivity contribution in [3.63, 3.8) is 0 Å². The van der Waals surface area contributed by atoms with Crippen molar-refractivity contribution in [3.8, 4) is 0 Å². The van der Waals surface area contributed by atoms with Gasteiger partial charge in [0.1, 0.15) is 0 Å². The van der Waals surface area contributed by atoms with Crippen LogP contribution in [0.3, 0.4) is 0 Å². The summed E-state index contributed by atoms with van der Waals surface area (Å²) in [4.78, 5) is 2.88. The van der Waals surface area contributed by atoms with Gasteiger partial charge in [-0.05, 0) is 52.5 Å². The molecule has 3 heterocycles. The number of hydrogen-bond donors (Lipinski definition) is 1. The average molecular weight is 266 g/mol. The molecule has 3 nitrogen and oxygen atoms in total. The van der Waals surface area contributed by atoms with Crippen molar-refractivity contribution in [3.05, 3.63) is 0 Å². The lowest BCUT2D eigenvalue weighted by molar-refractivity contribution is -0.0801. The number of nitrogens with zero attached hydrogens (tertiary/aromatic N) is 1. The Morgan fingerprint density at radius 2 is 1.95 bits per heavy atom. The largest absolute Gasteiger partial charge is 0.377 e. The third-order valence-electron chi connectivity index (χ3n) is 5.91. The minimum absolute atomic E-state index is 0.285. The maximum atomic E-state index is 5.90. The number of hydrogen-bond acceptors (Lipinski definition) is 3. The van der Waals surface area contributed by atoms with Crippen LogP contribution in [0.25, 0.3) is 0 Å². The fourth-order valence-electron chi connectivity index (χ4n) is 4.83. The van der Waals surface area contributed by atoms with Crippen LogP contribution in [0.1, 0.15) is 59.3 Å². The minimum atomic E-state index is 0.285. The van der Waals surface area contributed by atoms with Gasteiger partial charge in [0.15, 0.2) is 0 Å². The van der Waals surface area contributed by atoms with Crippen LogP contribution in [0.5, 0.6) is 0 Å². The first-order chi connectivity index (χ1) is 9.15. The predicted octanol–water partition coefficient (Wildman–Crippen LogP) is 2.55. The van der Waals surface area contributed by atoms with Gasteiger partial charge in [0.2, 0.25) is 0 Å². The van der Waals surface area contributed by atoms with E-state index in [2.05, 4.69) is 31.0 Å². The molecule has 0 radical (unpaired) electrons. The topological polar surface area (TPSA) is 24.5 Å². The molecule has 3 heteroatoms. The molecule has 0 aromatic heterocycles. The molecule has 3 aliphatic heterocycles. The zero-order chi connectivity index (χ0) is 13.5. The highest BCUT2D eigenvalue weighted by molar-refractivity contribution is 5.06. The van der Waals surface area contributed by atoms with E-state index in [1.807, 2.05) is 0 Å². The smallest absolute Gasteiger partial charge is 0.0729 e. The maximum absolute atomic E-state index is 5.90. The summed E-state index contributed by atoms with van der Waals surface area (Å²) in [5.41, 5.74) is 0.285. The van der Waals surface area contributed by atoms with Gasteiger partial charge in [-0.2, -0.15) is 0 Å². The molecule has 19 heavy (non-hydrogen) atoms. The molecule has 3 saturated heterocycles. The second-order valence-electron chi connectivity index (χ2n) is 6.99. The van der Waals surface area contributed by atoms with Gasteiger partial charge in [0.05, 0.1) is 6.10 Å². The highest BCUT2D eigenvalue weighted by atomic mass is 16.5. The molecule has 0 aromatic rings. The van der Waals surface area contributed by atoms with Crippen LogP contribution in [0, 0.1) is 0 Å². The molecule has 3 rings (SSSR count). The number of ether oxygens (including phenoxy) is 1. The molecule has 4 unspecified atom stereocenters. The van der Waals surface area contributed by atoms with Gasteiger partial charge in [0.25, 0.3) is 0 Å². The van der Waals surface area contributed by atoms with Crippen molar-refractivity contribution in [1.29, 1.82) is 0 Å². The Kier molecular flexibility index (Phi) is 3.89. The van der Waals surface area contributed by atoms with Gasteiger partial charge in [-0.15, -0.1) is 0 Å². The lowest BCUT2D eigenvalue weighted by atomic mass is 9.76. The lowest BCUT2D eigenvalue weighted by Crippen LogP contribution is -2.65. The number of nitrogens with one attached hydrogen (secondary N) is 1. The molecule has 1 N–H and O–H groups in total. The molecule has 3 fully saturated rings. The summed E-state index contributed by atoms with van der Waals surface area (Å²) in [5.74, 6) is 0. The average Bonchev–Trinajstić information content (AvgIpc) is 2.70. The fourth-order valence-corrected chi connectivity index (χ4v) is 4.83. The Labute approximate surface area is 118 Å². The summed E-state index contributed by atoms with van der Waals surface area (Å²) in [6, 6.07) is 2.31. The Hall–Kier alpha value is -0.120. The predicted molar refractivity (Wildman–Crippen MR) is 78.4 cm³/mol. The van der Waals surface area contributed by atoms with E-state index in [0.29, 0.717) is 6.10 Å². The van der Waals surface area contributed by atoms with Crippen LogP contribution >= 0.6 is 0 Å². The van der Waals surface area contributed by atoms with Crippen molar-refractivity contribution < 1.29 is 4.74 Å². The maximum Gasteiger partial charge on any atom is 0.0729 e. The Morgan fingerprint density at radius 3 is 2.47 bits per heavy atom. The summed E-state index contributed by atoms with van der Waals surface area (Å²) in [5, 5.41) is 3.69. The molecule has 4 atom stereocenters. The van der Waals surface area contributed by atoms with Crippen LogP contribution in [-0.2, 0) is 4.74 Å². The molecule has 0 amide bonds. The monoisotopic (exact) mass is 266 g/mol.